The maximum atomic E-state index is 13.4. The average molecular weight is 398 g/mol. The molecule has 0 saturated heterocycles. The second-order valence-corrected chi connectivity index (χ2v) is 6.63. The van der Waals surface area contributed by atoms with Gasteiger partial charge in [-0.2, -0.15) is 5.10 Å². The van der Waals surface area contributed by atoms with Crippen LogP contribution in [0.25, 0.3) is 16.9 Å². The van der Waals surface area contributed by atoms with Gasteiger partial charge >= 0.3 is 0 Å². The second kappa shape index (κ2) is 6.97. The highest BCUT2D eigenvalue weighted by Crippen LogP contribution is 2.22. The first-order valence-electron chi connectivity index (χ1n) is 8.70. The fourth-order valence-electron chi connectivity index (χ4n) is 3.20. The SMILES string of the molecule is Cc1nc2cc(=O)[nH]n2c(C)c1CC(=O)Nc1cc(-c2cc(F)cc(F)c2)[nH]n1. The minimum Gasteiger partial charge on any atom is -0.309 e. The lowest BCUT2D eigenvalue weighted by atomic mass is 10.1. The third kappa shape index (κ3) is 3.64. The van der Waals surface area contributed by atoms with Gasteiger partial charge in [-0.3, -0.25) is 19.8 Å². The molecule has 0 atom stereocenters. The Morgan fingerprint density at radius 1 is 1.14 bits per heavy atom. The Kier molecular flexibility index (Phi) is 4.45. The fourth-order valence-corrected chi connectivity index (χ4v) is 3.20. The predicted molar refractivity (Wildman–Crippen MR) is 102 cm³/mol. The summed E-state index contributed by atoms with van der Waals surface area (Å²) in [7, 11) is 0. The maximum absolute atomic E-state index is 13.4. The number of aromatic nitrogens is 5. The summed E-state index contributed by atoms with van der Waals surface area (Å²) in [6.07, 6.45) is 0.0115. The zero-order valence-electron chi connectivity index (χ0n) is 15.5. The number of fused-ring (bicyclic) bond motifs is 1. The van der Waals surface area contributed by atoms with Crippen LogP contribution < -0.4 is 10.9 Å². The number of carbonyl (C=O) groups excluding carboxylic acids is 1. The van der Waals surface area contributed by atoms with E-state index in [1.165, 1.54) is 16.6 Å². The van der Waals surface area contributed by atoms with Crippen molar-refractivity contribution in [1.82, 2.24) is 24.8 Å². The standard InChI is InChI=1S/C19H16F2N6O2/c1-9-14(10(2)27-17(22-9)8-19(29)26-27)6-18(28)23-16-7-15(24-25-16)11-3-12(20)5-13(21)4-11/h3-5,7-8H,6H2,1-2H3,(H,26,29)(H2,23,24,25,28). The first kappa shape index (κ1) is 18.5. The monoisotopic (exact) mass is 398 g/mol. The summed E-state index contributed by atoms with van der Waals surface area (Å²) in [5.74, 6) is -1.56. The van der Waals surface area contributed by atoms with Gasteiger partial charge in [-0.1, -0.05) is 0 Å². The summed E-state index contributed by atoms with van der Waals surface area (Å²) >= 11 is 0. The summed E-state index contributed by atoms with van der Waals surface area (Å²) < 4.78 is 28.3. The quantitative estimate of drug-likeness (QED) is 0.491. The van der Waals surface area contributed by atoms with Crippen LogP contribution in [-0.4, -0.2) is 30.7 Å². The van der Waals surface area contributed by atoms with Crippen molar-refractivity contribution in [2.75, 3.05) is 5.32 Å². The Morgan fingerprint density at radius 2 is 1.86 bits per heavy atom. The molecule has 4 rings (SSSR count). The molecule has 1 aromatic carbocycles. The molecule has 0 fully saturated rings. The molecule has 3 N–H and O–H groups in total. The number of hydrogen-bond donors (Lipinski definition) is 3. The van der Waals surface area contributed by atoms with Crippen LogP contribution in [0.1, 0.15) is 17.0 Å². The predicted octanol–water partition coefficient (Wildman–Crippen LogP) is 2.49. The van der Waals surface area contributed by atoms with Crippen LogP contribution in [-0.2, 0) is 11.2 Å². The third-order valence-electron chi connectivity index (χ3n) is 4.56. The minimum absolute atomic E-state index is 0.0115. The molecular formula is C19H16F2N6O2. The lowest BCUT2D eigenvalue weighted by Crippen LogP contribution is -2.18. The van der Waals surface area contributed by atoms with Gasteiger partial charge in [0.2, 0.25) is 5.91 Å². The first-order chi connectivity index (χ1) is 13.8. The summed E-state index contributed by atoms with van der Waals surface area (Å²) in [6, 6.07) is 5.96. The highest BCUT2D eigenvalue weighted by Gasteiger charge is 2.15. The molecule has 29 heavy (non-hydrogen) atoms. The topological polar surface area (TPSA) is 108 Å². The van der Waals surface area contributed by atoms with Gasteiger partial charge in [0.05, 0.1) is 12.1 Å². The molecule has 148 valence electrons. The number of aryl methyl sites for hydroxylation is 2. The molecule has 1 amide bonds. The molecule has 0 aliphatic heterocycles. The number of nitrogens with zero attached hydrogens (tertiary/aromatic N) is 3. The largest absolute Gasteiger partial charge is 0.309 e. The van der Waals surface area contributed by atoms with Crippen LogP contribution in [0.15, 0.2) is 35.1 Å². The minimum atomic E-state index is -0.711. The normalized spacial score (nSPS) is 11.2. The molecule has 10 heteroatoms. The second-order valence-electron chi connectivity index (χ2n) is 6.63. The smallest absolute Gasteiger partial charge is 0.266 e. The van der Waals surface area contributed by atoms with Gasteiger partial charge in [-0.05, 0) is 26.0 Å². The Balaban J connectivity index is 1.54. The van der Waals surface area contributed by atoms with Crippen molar-refractivity contribution in [1.29, 1.82) is 0 Å². The van der Waals surface area contributed by atoms with E-state index in [-0.39, 0.29) is 29.3 Å². The van der Waals surface area contributed by atoms with Crippen LogP contribution in [0.2, 0.25) is 0 Å². The molecule has 4 aromatic rings. The van der Waals surface area contributed by atoms with Gasteiger partial charge in [0.25, 0.3) is 5.56 Å². The van der Waals surface area contributed by atoms with Gasteiger partial charge in [-0.15, -0.1) is 0 Å². The number of benzene rings is 1. The van der Waals surface area contributed by atoms with Crippen LogP contribution in [0.3, 0.4) is 0 Å². The number of hydrogen-bond acceptors (Lipinski definition) is 4. The van der Waals surface area contributed by atoms with Gasteiger partial charge in [0, 0.05) is 40.7 Å². The van der Waals surface area contributed by atoms with Crippen molar-refractivity contribution in [2.24, 2.45) is 0 Å². The van der Waals surface area contributed by atoms with E-state index in [0.717, 1.165) is 18.2 Å². The van der Waals surface area contributed by atoms with Crippen molar-refractivity contribution in [2.45, 2.75) is 20.3 Å². The van der Waals surface area contributed by atoms with Crippen molar-refractivity contribution in [3.8, 4) is 11.3 Å². The Morgan fingerprint density at radius 3 is 2.59 bits per heavy atom. The van der Waals surface area contributed by atoms with Gasteiger partial charge in [0.15, 0.2) is 11.5 Å². The van der Waals surface area contributed by atoms with E-state index < -0.39 is 11.6 Å². The molecule has 0 aliphatic rings. The molecule has 3 aromatic heterocycles. The van der Waals surface area contributed by atoms with Crippen molar-refractivity contribution in [3.05, 3.63) is 69.3 Å². The molecule has 0 saturated carbocycles. The number of amides is 1. The summed E-state index contributed by atoms with van der Waals surface area (Å²) in [5, 5.41) is 11.9. The summed E-state index contributed by atoms with van der Waals surface area (Å²) in [6.45, 7) is 3.55. The molecule has 0 spiro atoms. The number of nitrogens with one attached hydrogen (secondary N) is 3. The molecule has 0 bridgehead atoms. The van der Waals surface area contributed by atoms with Crippen LogP contribution in [0.4, 0.5) is 14.6 Å². The van der Waals surface area contributed by atoms with Crippen LogP contribution in [0.5, 0.6) is 0 Å². The van der Waals surface area contributed by atoms with E-state index in [1.807, 2.05) is 0 Å². The van der Waals surface area contributed by atoms with Gasteiger partial charge < -0.3 is 5.32 Å². The highest BCUT2D eigenvalue weighted by atomic mass is 19.1. The number of H-pyrrole nitrogens is 2. The van der Waals surface area contributed by atoms with Crippen molar-refractivity contribution < 1.29 is 13.6 Å². The van der Waals surface area contributed by atoms with E-state index in [4.69, 9.17) is 0 Å². The fraction of sp³-hybridized carbons (Fsp3) is 0.158. The Hall–Kier alpha value is -3.82. The number of halogens is 2. The molecule has 0 aliphatic carbocycles. The van der Waals surface area contributed by atoms with E-state index in [0.29, 0.717) is 28.3 Å². The average Bonchev–Trinajstić information content (AvgIpc) is 3.24. The van der Waals surface area contributed by atoms with E-state index in [9.17, 15) is 18.4 Å². The van der Waals surface area contributed by atoms with Gasteiger partial charge in [0.1, 0.15) is 11.6 Å². The zero-order valence-corrected chi connectivity index (χ0v) is 15.5. The third-order valence-corrected chi connectivity index (χ3v) is 4.56. The molecule has 8 nitrogen and oxygen atoms in total. The lowest BCUT2D eigenvalue weighted by molar-refractivity contribution is -0.115. The summed E-state index contributed by atoms with van der Waals surface area (Å²) in [5.41, 5.74) is 2.84. The number of carbonyl (C=O) groups is 1. The first-order valence-corrected chi connectivity index (χ1v) is 8.70. The number of anilines is 1. The van der Waals surface area contributed by atoms with Crippen LogP contribution >= 0.6 is 0 Å². The van der Waals surface area contributed by atoms with E-state index in [2.05, 4.69) is 25.6 Å². The summed E-state index contributed by atoms with van der Waals surface area (Å²) in [4.78, 5) is 28.4. The number of aromatic amines is 2. The number of rotatable bonds is 4. The van der Waals surface area contributed by atoms with Gasteiger partial charge in [-0.25, -0.2) is 18.3 Å². The van der Waals surface area contributed by atoms with E-state index in [1.54, 1.807) is 13.8 Å². The highest BCUT2D eigenvalue weighted by molar-refractivity contribution is 5.92. The maximum Gasteiger partial charge on any atom is 0.266 e. The zero-order chi connectivity index (χ0) is 20.7. The van der Waals surface area contributed by atoms with Crippen molar-refractivity contribution in [3.63, 3.8) is 0 Å². The molecule has 0 unspecified atom stereocenters. The molecular weight excluding hydrogens is 382 g/mol. The Labute approximate surface area is 162 Å². The molecule has 0 radical (unpaired) electrons. The van der Waals surface area contributed by atoms with Crippen LogP contribution in [0, 0.1) is 25.5 Å². The van der Waals surface area contributed by atoms with E-state index >= 15 is 0 Å². The molecule has 3 heterocycles. The Bertz CT molecular complexity index is 1280. The van der Waals surface area contributed by atoms with Crippen molar-refractivity contribution >= 4 is 17.4 Å². The lowest BCUT2D eigenvalue weighted by Gasteiger charge is -2.11.